The van der Waals surface area contributed by atoms with Gasteiger partial charge in [0, 0.05) is 12.1 Å². The molecule has 0 aliphatic carbocycles. The number of hydrogen-bond donors (Lipinski definition) is 0. The van der Waals surface area contributed by atoms with Crippen LogP contribution in [0.4, 0.5) is 5.69 Å². The normalized spacial score (nSPS) is 14.9. The molecule has 2 rings (SSSR count). The minimum absolute atomic E-state index is 0.0330. The number of carbonyl (C=O) groups is 1. The molecule has 0 atom stereocenters. The van der Waals surface area contributed by atoms with Gasteiger partial charge in [0.15, 0.2) is 0 Å². The molecule has 0 aromatic heterocycles. The Morgan fingerprint density at radius 2 is 2.00 bits per heavy atom. The first-order valence-electron chi connectivity index (χ1n) is 5.76. The third-order valence-electron chi connectivity index (χ3n) is 2.85. The van der Waals surface area contributed by atoms with Crippen molar-refractivity contribution >= 4 is 11.7 Å². The zero-order valence-electron chi connectivity index (χ0n) is 9.87. The molecule has 0 amide bonds. The van der Waals surface area contributed by atoms with Crippen LogP contribution in [0.3, 0.4) is 0 Å². The minimum atomic E-state index is -0.459. The number of nitro benzene ring substituents is 1. The molecule has 0 N–H and O–H groups in total. The fraction of sp³-hybridized carbons (Fsp3) is 0.417. The molecule has 18 heavy (non-hydrogen) atoms. The van der Waals surface area contributed by atoms with Crippen LogP contribution in [0.5, 0.6) is 0 Å². The van der Waals surface area contributed by atoms with Crippen LogP contribution in [0.15, 0.2) is 24.3 Å². The largest absolute Gasteiger partial charge is 0.460 e. The van der Waals surface area contributed by atoms with Gasteiger partial charge in [0.2, 0.25) is 0 Å². The highest BCUT2D eigenvalue weighted by Gasteiger charge is 2.17. The third kappa shape index (κ3) is 3.27. The number of ether oxygens (including phenoxy) is 1. The van der Waals surface area contributed by atoms with E-state index in [9.17, 15) is 14.9 Å². The standard InChI is InChI=1S/C12H14N2O4/c15-12(8-13-6-1-7-13)18-9-10-2-4-11(5-3-10)14(16)17/h2-5H,1,6-9H2. The summed E-state index contributed by atoms with van der Waals surface area (Å²) >= 11 is 0. The van der Waals surface area contributed by atoms with Crippen LogP contribution in [0, 0.1) is 10.1 Å². The van der Waals surface area contributed by atoms with E-state index in [0.29, 0.717) is 6.54 Å². The highest BCUT2D eigenvalue weighted by Crippen LogP contribution is 2.12. The fourth-order valence-corrected chi connectivity index (χ4v) is 1.65. The maximum absolute atomic E-state index is 11.4. The molecule has 1 saturated heterocycles. The van der Waals surface area contributed by atoms with Crippen LogP contribution < -0.4 is 0 Å². The molecule has 0 radical (unpaired) electrons. The Labute approximate surface area is 104 Å². The van der Waals surface area contributed by atoms with Gasteiger partial charge in [0.05, 0.1) is 11.5 Å². The zero-order valence-corrected chi connectivity index (χ0v) is 9.87. The SMILES string of the molecule is O=C(CN1CCC1)OCc1ccc([N+](=O)[O-])cc1. The molecule has 0 spiro atoms. The maximum atomic E-state index is 11.4. The first-order valence-corrected chi connectivity index (χ1v) is 5.76. The maximum Gasteiger partial charge on any atom is 0.320 e. The molecule has 1 heterocycles. The number of nitrogens with zero attached hydrogens (tertiary/aromatic N) is 2. The quantitative estimate of drug-likeness (QED) is 0.448. The third-order valence-corrected chi connectivity index (χ3v) is 2.85. The van der Waals surface area contributed by atoms with E-state index in [2.05, 4.69) is 0 Å². The van der Waals surface area contributed by atoms with Gasteiger partial charge in [-0.05, 0) is 37.2 Å². The lowest BCUT2D eigenvalue weighted by molar-refractivity contribution is -0.384. The lowest BCUT2D eigenvalue weighted by Crippen LogP contribution is -2.41. The van der Waals surface area contributed by atoms with Crippen molar-refractivity contribution in [1.82, 2.24) is 4.90 Å². The van der Waals surface area contributed by atoms with Crippen LogP contribution >= 0.6 is 0 Å². The second-order valence-electron chi connectivity index (χ2n) is 4.21. The Balaban J connectivity index is 1.78. The topological polar surface area (TPSA) is 72.7 Å². The summed E-state index contributed by atoms with van der Waals surface area (Å²) in [6.07, 6.45) is 1.13. The van der Waals surface area contributed by atoms with Gasteiger partial charge < -0.3 is 4.74 Å². The number of nitro groups is 1. The molecule has 1 fully saturated rings. The van der Waals surface area contributed by atoms with E-state index in [0.717, 1.165) is 25.1 Å². The van der Waals surface area contributed by atoms with E-state index in [1.165, 1.54) is 12.1 Å². The van der Waals surface area contributed by atoms with Crippen molar-refractivity contribution in [1.29, 1.82) is 0 Å². The first kappa shape index (κ1) is 12.5. The second kappa shape index (κ2) is 5.59. The Kier molecular flexibility index (Phi) is 3.88. The van der Waals surface area contributed by atoms with Crippen LogP contribution in [-0.2, 0) is 16.1 Å². The Morgan fingerprint density at radius 1 is 1.33 bits per heavy atom. The predicted octanol–water partition coefficient (Wildman–Crippen LogP) is 1.34. The number of hydrogen-bond acceptors (Lipinski definition) is 5. The fourth-order valence-electron chi connectivity index (χ4n) is 1.65. The summed E-state index contributed by atoms with van der Waals surface area (Å²) < 4.78 is 5.08. The van der Waals surface area contributed by atoms with Crippen molar-refractivity contribution in [3.8, 4) is 0 Å². The van der Waals surface area contributed by atoms with E-state index in [4.69, 9.17) is 4.74 Å². The molecule has 1 aromatic carbocycles. The van der Waals surface area contributed by atoms with Crippen LogP contribution in [0.1, 0.15) is 12.0 Å². The van der Waals surface area contributed by atoms with Crippen molar-refractivity contribution in [2.24, 2.45) is 0 Å². The number of rotatable bonds is 5. The minimum Gasteiger partial charge on any atom is -0.460 e. The molecule has 96 valence electrons. The molecule has 0 saturated carbocycles. The van der Waals surface area contributed by atoms with E-state index >= 15 is 0 Å². The van der Waals surface area contributed by atoms with Gasteiger partial charge >= 0.3 is 5.97 Å². The summed E-state index contributed by atoms with van der Waals surface area (Å²) in [5.41, 5.74) is 0.781. The van der Waals surface area contributed by atoms with Gasteiger partial charge in [-0.2, -0.15) is 0 Å². The van der Waals surface area contributed by atoms with Gasteiger partial charge in [0.1, 0.15) is 6.61 Å². The molecule has 6 heteroatoms. The lowest BCUT2D eigenvalue weighted by Gasteiger charge is -2.29. The van der Waals surface area contributed by atoms with E-state index < -0.39 is 4.92 Å². The predicted molar refractivity (Wildman–Crippen MR) is 63.9 cm³/mol. The number of benzene rings is 1. The van der Waals surface area contributed by atoms with Crippen LogP contribution in [0.2, 0.25) is 0 Å². The van der Waals surface area contributed by atoms with Crippen molar-refractivity contribution in [3.05, 3.63) is 39.9 Å². The molecule has 0 bridgehead atoms. The molecule has 1 aliphatic rings. The molecular weight excluding hydrogens is 236 g/mol. The summed E-state index contributed by atoms with van der Waals surface area (Å²) in [5.74, 6) is -0.256. The van der Waals surface area contributed by atoms with Gasteiger partial charge in [-0.3, -0.25) is 19.8 Å². The monoisotopic (exact) mass is 250 g/mol. The Morgan fingerprint density at radius 3 is 2.50 bits per heavy atom. The van der Waals surface area contributed by atoms with Gasteiger partial charge in [-0.25, -0.2) is 0 Å². The van der Waals surface area contributed by atoms with Crippen LogP contribution in [0.25, 0.3) is 0 Å². The highest BCUT2D eigenvalue weighted by atomic mass is 16.6. The van der Waals surface area contributed by atoms with Gasteiger partial charge in [-0.15, -0.1) is 0 Å². The average molecular weight is 250 g/mol. The van der Waals surface area contributed by atoms with Crippen molar-refractivity contribution in [3.63, 3.8) is 0 Å². The van der Waals surface area contributed by atoms with Crippen LogP contribution in [-0.4, -0.2) is 35.4 Å². The summed E-state index contributed by atoms with van der Waals surface area (Å²) in [6.45, 7) is 2.39. The summed E-state index contributed by atoms with van der Waals surface area (Å²) in [5, 5.41) is 10.5. The molecule has 6 nitrogen and oxygen atoms in total. The highest BCUT2D eigenvalue weighted by molar-refractivity contribution is 5.71. The second-order valence-corrected chi connectivity index (χ2v) is 4.21. The molecule has 1 aromatic rings. The Bertz CT molecular complexity index is 440. The molecular formula is C12H14N2O4. The smallest absolute Gasteiger partial charge is 0.320 e. The summed E-state index contributed by atoms with van der Waals surface area (Å²) in [4.78, 5) is 23.4. The number of esters is 1. The van der Waals surface area contributed by atoms with Crippen molar-refractivity contribution in [2.45, 2.75) is 13.0 Å². The molecule has 1 aliphatic heterocycles. The number of non-ortho nitro benzene ring substituents is 1. The van der Waals surface area contributed by atoms with Crippen molar-refractivity contribution in [2.75, 3.05) is 19.6 Å². The van der Waals surface area contributed by atoms with E-state index in [1.807, 2.05) is 4.90 Å². The summed E-state index contributed by atoms with van der Waals surface area (Å²) in [6, 6.07) is 5.99. The first-order chi connectivity index (χ1) is 8.65. The number of carbonyl (C=O) groups excluding carboxylic acids is 1. The average Bonchev–Trinajstić information content (AvgIpc) is 2.32. The van der Waals surface area contributed by atoms with E-state index in [-0.39, 0.29) is 18.3 Å². The zero-order chi connectivity index (χ0) is 13.0. The number of likely N-dealkylation sites (tertiary alicyclic amines) is 1. The van der Waals surface area contributed by atoms with Crippen molar-refractivity contribution < 1.29 is 14.5 Å². The molecule has 0 unspecified atom stereocenters. The lowest BCUT2D eigenvalue weighted by atomic mass is 10.2. The van der Waals surface area contributed by atoms with E-state index in [1.54, 1.807) is 12.1 Å². The van der Waals surface area contributed by atoms with Gasteiger partial charge in [-0.1, -0.05) is 0 Å². The van der Waals surface area contributed by atoms with Gasteiger partial charge in [0.25, 0.3) is 5.69 Å². The summed E-state index contributed by atoms with van der Waals surface area (Å²) in [7, 11) is 0. The Hall–Kier alpha value is -1.95.